The van der Waals surface area contributed by atoms with Crippen LogP contribution < -0.4 is 5.32 Å². The van der Waals surface area contributed by atoms with E-state index >= 15 is 0 Å². The third kappa shape index (κ3) is 3.89. The summed E-state index contributed by atoms with van der Waals surface area (Å²) in [4.78, 5) is 26.6. The monoisotopic (exact) mass is 416 g/mol. The van der Waals surface area contributed by atoms with Crippen LogP contribution in [0.3, 0.4) is 0 Å². The van der Waals surface area contributed by atoms with E-state index in [2.05, 4.69) is 5.32 Å². The zero-order valence-corrected chi connectivity index (χ0v) is 15.3. The van der Waals surface area contributed by atoms with E-state index in [9.17, 15) is 22.8 Å². The minimum absolute atomic E-state index is 0.142. The van der Waals surface area contributed by atoms with Crippen LogP contribution in [0.5, 0.6) is 0 Å². The van der Waals surface area contributed by atoms with Gasteiger partial charge in [0, 0.05) is 11.6 Å². The van der Waals surface area contributed by atoms with Crippen molar-refractivity contribution in [1.82, 2.24) is 4.90 Å². The molecule has 1 atom stereocenters. The number of hydrogen-bond donors (Lipinski definition) is 1. The van der Waals surface area contributed by atoms with Gasteiger partial charge in [0.05, 0.1) is 16.3 Å². The lowest BCUT2D eigenvalue weighted by molar-refractivity contribution is -0.119. The number of anilines is 1. The molecule has 1 aliphatic heterocycles. The highest BCUT2D eigenvalue weighted by Crippen LogP contribution is 2.27. The lowest BCUT2D eigenvalue weighted by Crippen LogP contribution is -2.43. The Morgan fingerprint density at radius 3 is 2.56 bits per heavy atom. The van der Waals surface area contributed by atoms with Crippen LogP contribution in [0, 0.1) is 17.5 Å². The molecular weight excluding hydrogens is 404 g/mol. The Balaban J connectivity index is 1.82. The van der Waals surface area contributed by atoms with Gasteiger partial charge in [-0.05, 0) is 43.2 Å². The van der Waals surface area contributed by atoms with Crippen LogP contribution in [0.15, 0.2) is 30.3 Å². The first kappa shape index (κ1) is 19.5. The fraction of sp³-hybridized carbons (Fsp3) is 0.222. The summed E-state index contributed by atoms with van der Waals surface area (Å²) in [6.07, 6.45) is 0.878. The molecule has 142 valence electrons. The second-order valence-electron chi connectivity index (χ2n) is 5.99. The highest BCUT2D eigenvalue weighted by Gasteiger charge is 2.35. The van der Waals surface area contributed by atoms with Gasteiger partial charge in [-0.1, -0.05) is 23.2 Å². The van der Waals surface area contributed by atoms with Gasteiger partial charge in [-0.3, -0.25) is 9.59 Å². The van der Waals surface area contributed by atoms with E-state index in [1.54, 1.807) is 0 Å². The van der Waals surface area contributed by atoms with Gasteiger partial charge in [0.15, 0.2) is 17.5 Å². The number of amides is 2. The molecule has 0 aliphatic carbocycles. The van der Waals surface area contributed by atoms with Gasteiger partial charge in [0.2, 0.25) is 5.91 Å². The quantitative estimate of drug-likeness (QED) is 0.740. The Morgan fingerprint density at radius 2 is 1.81 bits per heavy atom. The van der Waals surface area contributed by atoms with Crippen molar-refractivity contribution in [2.24, 2.45) is 0 Å². The standard InChI is InChI=1S/C18H13Cl2F3N2O2/c19-9-3-4-11(20)10(8-9)18(27)25-7-1-2-14(25)17(26)24-13-6-5-12(21)15(22)16(13)23/h3-6,8,14H,1-2,7H2,(H,24,26)/t14-/m1/s1. The second kappa shape index (κ2) is 7.78. The van der Waals surface area contributed by atoms with E-state index in [1.165, 1.54) is 23.1 Å². The normalized spacial score (nSPS) is 16.5. The molecule has 1 aliphatic rings. The Morgan fingerprint density at radius 1 is 1.07 bits per heavy atom. The van der Waals surface area contributed by atoms with E-state index in [-0.39, 0.29) is 10.6 Å². The minimum Gasteiger partial charge on any atom is -0.327 e. The third-order valence-electron chi connectivity index (χ3n) is 4.27. The Labute approximate surface area is 162 Å². The first-order chi connectivity index (χ1) is 12.8. The molecule has 2 amide bonds. The summed E-state index contributed by atoms with van der Waals surface area (Å²) in [7, 11) is 0. The summed E-state index contributed by atoms with van der Waals surface area (Å²) in [6, 6.07) is 5.12. The van der Waals surface area contributed by atoms with E-state index < -0.39 is 41.0 Å². The molecule has 0 radical (unpaired) electrons. The van der Waals surface area contributed by atoms with Crippen LogP contribution in [0.2, 0.25) is 10.0 Å². The van der Waals surface area contributed by atoms with Crippen LogP contribution in [-0.2, 0) is 4.79 Å². The highest BCUT2D eigenvalue weighted by molar-refractivity contribution is 6.35. The van der Waals surface area contributed by atoms with Crippen molar-refractivity contribution in [3.8, 4) is 0 Å². The number of halogens is 5. The molecule has 4 nitrogen and oxygen atoms in total. The van der Waals surface area contributed by atoms with Crippen molar-refractivity contribution in [1.29, 1.82) is 0 Å². The van der Waals surface area contributed by atoms with Crippen LogP contribution in [0.4, 0.5) is 18.9 Å². The number of carbonyl (C=O) groups excluding carboxylic acids is 2. The summed E-state index contributed by atoms with van der Waals surface area (Å²) >= 11 is 11.9. The molecular formula is C18H13Cl2F3N2O2. The lowest BCUT2D eigenvalue weighted by atomic mass is 10.1. The molecule has 0 unspecified atom stereocenters. The molecule has 1 saturated heterocycles. The average molecular weight is 417 g/mol. The van der Waals surface area contributed by atoms with Gasteiger partial charge in [-0.25, -0.2) is 13.2 Å². The van der Waals surface area contributed by atoms with Crippen molar-refractivity contribution in [2.75, 3.05) is 11.9 Å². The van der Waals surface area contributed by atoms with Gasteiger partial charge in [0.1, 0.15) is 6.04 Å². The maximum atomic E-state index is 13.8. The largest absolute Gasteiger partial charge is 0.327 e. The maximum Gasteiger partial charge on any atom is 0.256 e. The number of hydrogen-bond acceptors (Lipinski definition) is 2. The maximum absolute atomic E-state index is 13.8. The van der Waals surface area contributed by atoms with Crippen molar-refractivity contribution in [3.05, 3.63) is 63.4 Å². The van der Waals surface area contributed by atoms with Crippen LogP contribution in [0.25, 0.3) is 0 Å². The summed E-state index contributed by atoms with van der Waals surface area (Å²) < 4.78 is 40.1. The fourth-order valence-corrected chi connectivity index (χ4v) is 3.31. The SMILES string of the molecule is O=C(Nc1ccc(F)c(F)c1F)[C@H]1CCCN1C(=O)c1cc(Cl)ccc1Cl. The smallest absolute Gasteiger partial charge is 0.256 e. The van der Waals surface area contributed by atoms with E-state index in [0.717, 1.165) is 6.07 Å². The number of nitrogens with zero attached hydrogens (tertiary/aromatic N) is 1. The average Bonchev–Trinajstić information content (AvgIpc) is 3.13. The molecule has 27 heavy (non-hydrogen) atoms. The predicted molar refractivity (Wildman–Crippen MR) is 95.5 cm³/mol. The fourth-order valence-electron chi connectivity index (χ4n) is 2.94. The number of nitrogens with one attached hydrogen (secondary N) is 1. The summed E-state index contributed by atoms with van der Waals surface area (Å²) in [5.74, 6) is -5.75. The molecule has 0 saturated carbocycles. The molecule has 1 heterocycles. The Hall–Kier alpha value is -2.25. The zero-order valence-electron chi connectivity index (χ0n) is 13.7. The number of rotatable bonds is 3. The summed E-state index contributed by atoms with van der Waals surface area (Å²) in [5, 5.41) is 2.70. The van der Waals surface area contributed by atoms with Crippen molar-refractivity contribution in [2.45, 2.75) is 18.9 Å². The Kier molecular flexibility index (Phi) is 5.62. The van der Waals surface area contributed by atoms with E-state index in [1.807, 2.05) is 0 Å². The summed E-state index contributed by atoms with van der Waals surface area (Å²) in [5.41, 5.74) is -0.359. The molecule has 0 aromatic heterocycles. The molecule has 9 heteroatoms. The highest BCUT2D eigenvalue weighted by atomic mass is 35.5. The van der Waals surface area contributed by atoms with Crippen molar-refractivity contribution in [3.63, 3.8) is 0 Å². The molecule has 0 spiro atoms. The molecule has 2 aromatic rings. The van der Waals surface area contributed by atoms with E-state index in [4.69, 9.17) is 23.2 Å². The van der Waals surface area contributed by atoms with Crippen molar-refractivity contribution >= 4 is 40.7 Å². The van der Waals surface area contributed by atoms with Gasteiger partial charge in [-0.15, -0.1) is 0 Å². The number of carbonyl (C=O) groups is 2. The molecule has 1 N–H and O–H groups in total. The summed E-state index contributed by atoms with van der Waals surface area (Å²) in [6.45, 7) is 0.292. The number of benzene rings is 2. The van der Waals surface area contributed by atoms with E-state index in [0.29, 0.717) is 30.5 Å². The van der Waals surface area contributed by atoms with Crippen molar-refractivity contribution < 1.29 is 22.8 Å². The predicted octanol–water partition coefficient (Wildman–Crippen LogP) is 4.65. The Bertz CT molecular complexity index is 924. The topological polar surface area (TPSA) is 49.4 Å². The van der Waals surface area contributed by atoms with Gasteiger partial charge in [-0.2, -0.15) is 0 Å². The molecule has 1 fully saturated rings. The number of likely N-dealkylation sites (tertiary alicyclic amines) is 1. The molecule has 3 rings (SSSR count). The first-order valence-corrected chi connectivity index (χ1v) is 8.75. The second-order valence-corrected chi connectivity index (χ2v) is 6.84. The first-order valence-electron chi connectivity index (χ1n) is 8.00. The van der Waals surface area contributed by atoms with Crippen LogP contribution >= 0.6 is 23.2 Å². The molecule has 2 aromatic carbocycles. The van der Waals surface area contributed by atoms with Crippen LogP contribution in [-0.4, -0.2) is 29.3 Å². The van der Waals surface area contributed by atoms with Gasteiger partial charge in [0.25, 0.3) is 5.91 Å². The zero-order chi connectivity index (χ0) is 19.7. The minimum atomic E-state index is -1.68. The van der Waals surface area contributed by atoms with Gasteiger partial charge >= 0.3 is 0 Å². The third-order valence-corrected chi connectivity index (χ3v) is 4.83. The van der Waals surface area contributed by atoms with Crippen LogP contribution in [0.1, 0.15) is 23.2 Å². The molecule has 0 bridgehead atoms. The van der Waals surface area contributed by atoms with Gasteiger partial charge < -0.3 is 10.2 Å². The lowest BCUT2D eigenvalue weighted by Gasteiger charge is -2.24.